The van der Waals surface area contributed by atoms with Crippen LogP contribution in [0.2, 0.25) is 0 Å². The third-order valence-corrected chi connectivity index (χ3v) is 3.73. The van der Waals surface area contributed by atoms with Crippen molar-refractivity contribution in [3.05, 3.63) is 28.3 Å². The number of nitrogens with one attached hydrogen (secondary N) is 1. The van der Waals surface area contributed by atoms with Crippen molar-refractivity contribution >= 4 is 11.4 Å². The molecule has 0 radical (unpaired) electrons. The average Bonchev–Trinajstić information content (AvgIpc) is 2.69. The van der Waals surface area contributed by atoms with Gasteiger partial charge in [0.2, 0.25) is 0 Å². The molecule has 1 N–H and O–H groups in total. The van der Waals surface area contributed by atoms with Gasteiger partial charge in [0, 0.05) is 24.4 Å². The van der Waals surface area contributed by atoms with Crippen molar-refractivity contribution < 1.29 is 14.4 Å². The first-order chi connectivity index (χ1) is 9.44. The Morgan fingerprint density at radius 3 is 2.85 bits per heavy atom. The predicted molar refractivity (Wildman–Crippen MR) is 76.3 cm³/mol. The standard InChI is InChI=1S/C14H20N2O4/c1-4-19-13-8-11(7-12(9-13)16(17)18)15-14(3)5-6-20-10(14)2/h7-10,15H,4-6H2,1-3H3. The van der Waals surface area contributed by atoms with Crippen LogP contribution in [0.4, 0.5) is 11.4 Å². The monoisotopic (exact) mass is 280 g/mol. The largest absolute Gasteiger partial charge is 0.494 e. The quantitative estimate of drug-likeness (QED) is 0.663. The Balaban J connectivity index is 2.28. The Morgan fingerprint density at radius 2 is 2.30 bits per heavy atom. The van der Waals surface area contributed by atoms with Gasteiger partial charge in [0.05, 0.1) is 29.2 Å². The summed E-state index contributed by atoms with van der Waals surface area (Å²) in [5.41, 5.74) is 0.481. The second-order valence-electron chi connectivity index (χ2n) is 5.21. The molecule has 6 heteroatoms. The van der Waals surface area contributed by atoms with Crippen LogP contribution in [-0.2, 0) is 4.74 Å². The van der Waals surface area contributed by atoms with Gasteiger partial charge in [0.25, 0.3) is 5.69 Å². The van der Waals surface area contributed by atoms with E-state index >= 15 is 0 Å². The van der Waals surface area contributed by atoms with Crippen LogP contribution in [0.1, 0.15) is 27.2 Å². The van der Waals surface area contributed by atoms with Gasteiger partial charge in [0.1, 0.15) is 5.75 Å². The maximum absolute atomic E-state index is 11.0. The summed E-state index contributed by atoms with van der Waals surface area (Å²) < 4.78 is 11.0. The summed E-state index contributed by atoms with van der Waals surface area (Å²) in [7, 11) is 0. The van der Waals surface area contributed by atoms with E-state index in [4.69, 9.17) is 9.47 Å². The number of rotatable bonds is 5. The molecule has 1 aromatic rings. The summed E-state index contributed by atoms with van der Waals surface area (Å²) in [4.78, 5) is 10.6. The van der Waals surface area contributed by atoms with Crippen LogP contribution in [0.15, 0.2) is 18.2 Å². The summed E-state index contributed by atoms with van der Waals surface area (Å²) in [6, 6.07) is 4.75. The highest BCUT2D eigenvalue weighted by atomic mass is 16.6. The Labute approximate surface area is 118 Å². The van der Waals surface area contributed by atoms with Crippen molar-refractivity contribution in [2.45, 2.75) is 38.8 Å². The molecule has 2 atom stereocenters. The second kappa shape index (κ2) is 5.66. The van der Waals surface area contributed by atoms with Crippen molar-refractivity contribution in [1.82, 2.24) is 0 Å². The van der Waals surface area contributed by atoms with E-state index < -0.39 is 4.92 Å². The molecule has 0 amide bonds. The summed E-state index contributed by atoms with van der Waals surface area (Å²) in [5, 5.41) is 14.3. The molecule has 6 nitrogen and oxygen atoms in total. The van der Waals surface area contributed by atoms with Crippen molar-refractivity contribution in [1.29, 1.82) is 0 Å². The summed E-state index contributed by atoms with van der Waals surface area (Å²) in [5.74, 6) is 0.499. The Hall–Kier alpha value is -1.82. The Morgan fingerprint density at radius 1 is 1.55 bits per heavy atom. The average molecular weight is 280 g/mol. The zero-order valence-electron chi connectivity index (χ0n) is 12.0. The number of anilines is 1. The number of non-ortho nitro benzene ring substituents is 1. The molecule has 1 saturated heterocycles. The van der Waals surface area contributed by atoms with Crippen molar-refractivity contribution in [3.63, 3.8) is 0 Å². The highest BCUT2D eigenvalue weighted by molar-refractivity contribution is 5.57. The molecule has 2 rings (SSSR count). The van der Waals surface area contributed by atoms with Crippen molar-refractivity contribution in [2.75, 3.05) is 18.5 Å². The lowest BCUT2D eigenvalue weighted by Crippen LogP contribution is -2.41. The first-order valence-electron chi connectivity index (χ1n) is 6.76. The molecule has 1 aliphatic rings. The van der Waals surface area contributed by atoms with E-state index in [1.165, 1.54) is 12.1 Å². The number of nitro groups is 1. The van der Waals surface area contributed by atoms with Crippen LogP contribution in [0.3, 0.4) is 0 Å². The molecule has 0 bridgehead atoms. The Bertz CT molecular complexity index is 506. The second-order valence-corrected chi connectivity index (χ2v) is 5.21. The third-order valence-electron chi connectivity index (χ3n) is 3.73. The van der Waals surface area contributed by atoms with Gasteiger partial charge in [-0.1, -0.05) is 0 Å². The van der Waals surface area contributed by atoms with Gasteiger partial charge in [-0.2, -0.15) is 0 Å². The minimum atomic E-state index is -0.412. The van der Waals surface area contributed by atoms with Gasteiger partial charge in [-0.3, -0.25) is 10.1 Å². The molecule has 20 heavy (non-hydrogen) atoms. The van der Waals surface area contributed by atoms with Gasteiger partial charge in [0.15, 0.2) is 0 Å². The zero-order chi connectivity index (χ0) is 14.8. The summed E-state index contributed by atoms with van der Waals surface area (Å²) in [6.07, 6.45) is 0.915. The van der Waals surface area contributed by atoms with E-state index in [1.54, 1.807) is 6.07 Å². The molecule has 1 aromatic carbocycles. The van der Waals surface area contributed by atoms with Crippen LogP contribution in [0.5, 0.6) is 5.75 Å². The van der Waals surface area contributed by atoms with Gasteiger partial charge < -0.3 is 14.8 Å². The number of hydrogen-bond acceptors (Lipinski definition) is 5. The maximum atomic E-state index is 11.0. The molecule has 0 aliphatic carbocycles. The van der Waals surface area contributed by atoms with Crippen molar-refractivity contribution in [3.8, 4) is 5.75 Å². The minimum Gasteiger partial charge on any atom is -0.494 e. The van der Waals surface area contributed by atoms with E-state index in [0.29, 0.717) is 24.7 Å². The first-order valence-corrected chi connectivity index (χ1v) is 6.76. The molecule has 110 valence electrons. The van der Waals surface area contributed by atoms with Gasteiger partial charge in [-0.05, 0) is 27.2 Å². The lowest BCUT2D eigenvalue weighted by atomic mass is 9.94. The Kier molecular flexibility index (Phi) is 4.13. The SMILES string of the molecule is CCOc1cc(NC2(C)CCOC2C)cc([N+](=O)[O-])c1. The van der Waals surface area contributed by atoms with Crippen LogP contribution >= 0.6 is 0 Å². The van der Waals surface area contributed by atoms with Gasteiger partial charge >= 0.3 is 0 Å². The number of nitro benzene ring substituents is 1. The molecular formula is C14H20N2O4. The molecule has 0 aromatic heterocycles. The molecule has 1 heterocycles. The van der Waals surface area contributed by atoms with E-state index in [9.17, 15) is 10.1 Å². The minimum absolute atomic E-state index is 0.0219. The first kappa shape index (κ1) is 14.6. The van der Waals surface area contributed by atoms with Gasteiger partial charge in [-0.25, -0.2) is 0 Å². The van der Waals surface area contributed by atoms with Crippen LogP contribution in [0, 0.1) is 10.1 Å². The fourth-order valence-electron chi connectivity index (χ4n) is 2.34. The fraction of sp³-hybridized carbons (Fsp3) is 0.571. The van der Waals surface area contributed by atoms with Crippen LogP contribution in [0.25, 0.3) is 0 Å². The van der Waals surface area contributed by atoms with E-state index in [1.807, 2.05) is 13.8 Å². The maximum Gasteiger partial charge on any atom is 0.275 e. The van der Waals surface area contributed by atoms with E-state index in [2.05, 4.69) is 12.2 Å². The topological polar surface area (TPSA) is 73.6 Å². The number of ether oxygens (including phenoxy) is 2. The normalized spacial score (nSPS) is 25.4. The van der Waals surface area contributed by atoms with Crippen molar-refractivity contribution in [2.24, 2.45) is 0 Å². The highest BCUT2D eigenvalue weighted by Crippen LogP contribution is 2.33. The van der Waals surface area contributed by atoms with Crippen LogP contribution in [-0.4, -0.2) is 29.8 Å². The molecule has 1 fully saturated rings. The number of nitrogens with zero attached hydrogens (tertiary/aromatic N) is 1. The summed E-state index contributed by atoms with van der Waals surface area (Å²) >= 11 is 0. The van der Waals surface area contributed by atoms with E-state index in [-0.39, 0.29) is 17.3 Å². The zero-order valence-corrected chi connectivity index (χ0v) is 12.0. The molecule has 0 saturated carbocycles. The lowest BCUT2D eigenvalue weighted by Gasteiger charge is -2.30. The van der Waals surface area contributed by atoms with Gasteiger partial charge in [-0.15, -0.1) is 0 Å². The molecule has 0 spiro atoms. The van der Waals surface area contributed by atoms with E-state index in [0.717, 1.165) is 6.42 Å². The predicted octanol–water partition coefficient (Wildman–Crippen LogP) is 2.97. The molecule has 2 unspecified atom stereocenters. The fourth-order valence-corrected chi connectivity index (χ4v) is 2.34. The number of benzene rings is 1. The highest BCUT2D eigenvalue weighted by Gasteiger charge is 2.37. The smallest absolute Gasteiger partial charge is 0.275 e. The van der Waals surface area contributed by atoms with Crippen LogP contribution < -0.4 is 10.1 Å². The molecule has 1 aliphatic heterocycles. The lowest BCUT2D eigenvalue weighted by molar-refractivity contribution is -0.384. The number of hydrogen-bond donors (Lipinski definition) is 1. The molecular weight excluding hydrogens is 260 g/mol. The summed E-state index contributed by atoms with van der Waals surface area (Å²) in [6.45, 7) is 7.07. The third kappa shape index (κ3) is 3.01.